The zero-order valence-corrected chi connectivity index (χ0v) is 29.8. The van der Waals surface area contributed by atoms with E-state index in [1.165, 1.54) is 93.5 Å². The van der Waals surface area contributed by atoms with Crippen molar-refractivity contribution in [2.75, 3.05) is 0 Å². The first kappa shape index (κ1) is 27.9. The molecule has 2 aliphatic carbocycles. The fraction of sp³-hybridized carbons (Fsp3) is 0.136. The average Bonchev–Trinajstić information content (AvgIpc) is 3.59. The molecule has 0 fully saturated rings. The Kier molecular flexibility index (Phi) is 5.49. The number of aromatic nitrogens is 1. The molecule has 0 N–H and O–H groups in total. The van der Waals surface area contributed by atoms with Crippen molar-refractivity contribution in [1.29, 1.82) is 0 Å². The van der Waals surface area contributed by atoms with E-state index in [1.807, 2.05) is 0 Å². The topological polar surface area (TPSA) is 4.93 Å². The summed E-state index contributed by atoms with van der Waals surface area (Å²) in [4.78, 5) is 0. The third-order valence-corrected chi connectivity index (χ3v) is 12.6. The lowest BCUT2D eigenvalue weighted by atomic mass is 9.81. The number of hydrogen-bond donors (Lipinski definition) is 0. The van der Waals surface area contributed by atoms with Gasteiger partial charge in [0.2, 0.25) is 0 Å². The molecule has 0 atom stereocenters. The lowest BCUT2D eigenvalue weighted by Crippen LogP contribution is -2.15. The zero-order chi connectivity index (χ0) is 32.0. The molecule has 47 heavy (non-hydrogen) atoms. The van der Waals surface area contributed by atoms with Gasteiger partial charge < -0.3 is 4.57 Å². The van der Waals surface area contributed by atoms with E-state index in [1.54, 1.807) is 0 Å². The first-order valence-electron chi connectivity index (χ1n) is 16.3. The molecule has 0 saturated heterocycles. The number of hydrogen-bond acceptors (Lipinski definition) is 0. The van der Waals surface area contributed by atoms with E-state index in [9.17, 15) is 0 Å². The molecule has 8 aromatic rings. The molecule has 0 aliphatic heterocycles. The van der Waals surface area contributed by atoms with Gasteiger partial charge in [-0.2, -0.15) is 0 Å². The van der Waals surface area contributed by atoms with E-state index < -0.39 is 0 Å². The van der Waals surface area contributed by atoms with Gasteiger partial charge >= 0.3 is 0 Å². The summed E-state index contributed by atoms with van der Waals surface area (Å²) in [6.07, 6.45) is 0. The Balaban J connectivity index is 1.36. The maximum atomic E-state index is 3.92. The fourth-order valence-electron chi connectivity index (χ4n) is 8.93. The van der Waals surface area contributed by atoms with Crippen LogP contribution < -0.4 is 0 Å². The molecule has 0 radical (unpaired) electrons. The highest BCUT2D eigenvalue weighted by Crippen LogP contribution is 2.57. The summed E-state index contributed by atoms with van der Waals surface area (Å²) in [5.74, 6) is 0. The lowest BCUT2D eigenvalue weighted by molar-refractivity contribution is 0.661. The van der Waals surface area contributed by atoms with Crippen molar-refractivity contribution in [3.63, 3.8) is 0 Å². The molecule has 0 bridgehead atoms. The van der Waals surface area contributed by atoms with Gasteiger partial charge in [0, 0.05) is 36.2 Å². The molecule has 1 aromatic heterocycles. The normalized spacial score (nSPS) is 15.4. The van der Waals surface area contributed by atoms with Gasteiger partial charge in [-0.3, -0.25) is 0 Å². The van der Waals surface area contributed by atoms with Crippen LogP contribution in [-0.2, 0) is 10.8 Å². The van der Waals surface area contributed by atoms with E-state index in [0.29, 0.717) is 0 Å². The molecule has 1 nitrogen and oxygen atoms in total. The van der Waals surface area contributed by atoms with Crippen LogP contribution in [0.1, 0.15) is 49.9 Å². The van der Waals surface area contributed by atoms with Gasteiger partial charge in [-0.05, 0) is 115 Å². The van der Waals surface area contributed by atoms with E-state index in [0.717, 1.165) is 8.95 Å². The van der Waals surface area contributed by atoms with Crippen molar-refractivity contribution in [1.82, 2.24) is 4.57 Å². The zero-order valence-electron chi connectivity index (χ0n) is 26.7. The second-order valence-corrected chi connectivity index (χ2v) is 16.1. The molecule has 0 amide bonds. The van der Waals surface area contributed by atoms with Crippen molar-refractivity contribution in [2.45, 2.75) is 38.5 Å². The Morgan fingerprint density at radius 1 is 0.426 bits per heavy atom. The van der Waals surface area contributed by atoms with E-state index in [2.05, 4.69) is 179 Å². The third-order valence-electron chi connectivity index (χ3n) is 11.3. The molecule has 7 aromatic carbocycles. The first-order chi connectivity index (χ1) is 22.7. The van der Waals surface area contributed by atoms with Crippen molar-refractivity contribution < 1.29 is 0 Å². The van der Waals surface area contributed by atoms with E-state index >= 15 is 0 Å². The number of fused-ring (bicyclic) bond motifs is 13. The van der Waals surface area contributed by atoms with Crippen molar-refractivity contribution in [2.24, 2.45) is 0 Å². The summed E-state index contributed by atoms with van der Waals surface area (Å²) in [6.45, 7) is 9.56. The van der Waals surface area contributed by atoms with Crippen LogP contribution in [0, 0.1) is 0 Å². The molecule has 0 unspecified atom stereocenters. The fourth-order valence-corrected chi connectivity index (χ4v) is 10.1. The van der Waals surface area contributed by atoms with Crippen molar-refractivity contribution in [3.8, 4) is 27.9 Å². The number of nitrogens with zero attached hydrogens (tertiary/aromatic N) is 1. The Morgan fingerprint density at radius 3 is 1.28 bits per heavy atom. The Labute approximate surface area is 291 Å². The summed E-state index contributed by atoms with van der Waals surface area (Å²) >= 11 is 7.84. The number of para-hydroxylation sites is 1. The molecule has 10 rings (SSSR count). The molecular weight excluding hydrogens is 702 g/mol. The van der Waals surface area contributed by atoms with Crippen LogP contribution in [0.5, 0.6) is 0 Å². The summed E-state index contributed by atoms with van der Waals surface area (Å²) in [5.41, 5.74) is 14.4. The van der Waals surface area contributed by atoms with Gasteiger partial charge in [0.25, 0.3) is 0 Å². The molecule has 2 aliphatic rings. The molecule has 3 heteroatoms. The minimum atomic E-state index is -0.135. The number of rotatable bonds is 1. The van der Waals surface area contributed by atoms with E-state index in [-0.39, 0.29) is 10.8 Å². The van der Waals surface area contributed by atoms with Crippen LogP contribution in [0.4, 0.5) is 0 Å². The summed E-state index contributed by atoms with van der Waals surface area (Å²) < 4.78 is 4.82. The first-order valence-corrected chi connectivity index (χ1v) is 17.9. The highest BCUT2D eigenvalue weighted by Gasteiger charge is 2.40. The standard InChI is InChI=1S/C44H31Br2N/c1-43(2)33-18-29-30-19-34-32(42-28-17-11-9-15-26(28)38(46)23-36(42)44(34,3)4)21-40(30)47(24-12-6-5-7-13-24)39(29)20-31(33)41-27-16-10-8-14-25(27)37(45)22-35(41)43/h5-23H,1-4H3. The average molecular weight is 734 g/mol. The van der Waals surface area contributed by atoms with Gasteiger partial charge in [-0.15, -0.1) is 0 Å². The van der Waals surface area contributed by atoms with Gasteiger partial charge in [0.05, 0.1) is 11.0 Å². The highest BCUT2D eigenvalue weighted by atomic mass is 79.9. The molecule has 0 spiro atoms. The number of benzene rings is 7. The molecule has 0 saturated carbocycles. The van der Waals surface area contributed by atoms with Gasteiger partial charge in [-0.25, -0.2) is 0 Å². The minimum absolute atomic E-state index is 0.135. The van der Waals surface area contributed by atoms with Crippen LogP contribution in [0.3, 0.4) is 0 Å². The smallest absolute Gasteiger partial charge is 0.0547 e. The van der Waals surface area contributed by atoms with Crippen LogP contribution >= 0.6 is 31.9 Å². The van der Waals surface area contributed by atoms with Crippen molar-refractivity contribution in [3.05, 3.63) is 146 Å². The maximum absolute atomic E-state index is 3.92. The Bertz CT molecular complexity index is 2530. The Hall–Kier alpha value is -4.18. The van der Waals surface area contributed by atoms with Gasteiger partial charge in [0.1, 0.15) is 0 Å². The number of halogens is 2. The lowest BCUT2D eigenvalue weighted by Gasteiger charge is -2.22. The highest BCUT2D eigenvalue weighted by molar-refractivity contribution is 9.11. The largest absolute Gasteiger partial charge is 0.309 e. The summed E-state index contributed by atoms with van der Waals surface area (Å²) in [7, 11) is 0. The third kappa shape index (κ3) is 3.49. The summed E-state index contributed by atoms with van der Waals surface area (Å²) in [5, 5.41) is 7.76. The molecule has 1 heterocycles. The SMILES string of the molecule is CC1(C)c2cc3c4cc5c(cc4n(-c4ccccc4)c3cc2-c2c1cc(Br)c1ccccc21)-c1c(cc(Br)c2ccccc12)C5(C)C. The predicted molar refractivity (Wildman–Crippen MR) is 206 cm³/mol. The second kappa shape index (κ2) is 9.24. The maximum Gasteiger partial charge on any atom is 0.0547 e. The minimum Gasteiger partial charge on any atom is -0.309 e. The van der Waals surface area contributed by atoms with Gasteiger partial charge in [0.15, 0.2) is 0 Å². The van der Waals surface area contributed by atoms with Crippen LogP contribution in [0.25, 0.3) is 71.3 Å². The monoisotopic (exact) mass is 731 g/mol. The van der Waals surface area contributed by atoms with Crippen LogP contribution in [0.2, 0.25) is 0 Å². The molecule has 226 valence electrons. The van der Waals surface area contributed by atoms with Crippen LogP contribution in [-0.4, -0.2) is 4.57 Å². The second-order valence-electron chi connectivity index (χ2n) is 14.4. The molecular formula is C44H31Br2N. The van der Waals surface area contributed by atoms with Crippen molar-refractivity contribution >= 4 is 75.2 Å². The quantitative estimate of drug-likeness (QED) is 0.158. The Morgan fingerprint density at radius 2 is 0.830 bits per heavy atom. The van der Waals surface area contributed by atoms with Gasteiger partial charge in [-0.1, -0.05) is 126 Å². The van der Waals surface area contributed by atoms with Crippen LogP contribution in [0.15, 0.2) is 124 Å². The van der Waals surface area contributed by atoms with E-state index in [4.69, 9.17) is 0 Å². The summed E-state index contributed by atoms with van der Waals surface area (Å²) in [6, 6.07) is 43.3. The predicted octanol–water partition coefficient (Wildman–Crippen LogP) is 13.2.